The molecule has 17 heavy (non-hydrogen) atoms. The zero-order valence-electron chi connectivity index (χ0n) is 9.74. The zero-order chi connectivity index (χ0) is 12.8. The van der Waals surface area contributed by atoms with E-state index in [0.717, 1.165) is 12.3 Å². The lowest BCUT2D eigenvalue weighted by Gasteiger charge is -2.13. The van der Waals surface area contributed by atoms with Gasteiger partial charge >= 0.3 is 5.97 Å². The fourth-order valence-electron chi connectivity index (χ4n) is 1.36. The van der Waals surface area contributed by atoms with Crippen LogP contribution < -0.4 is 5.32 Å². The smallest absolute Gasteiger partial charge is 0.339 e. The van der Waals surface area contributed by atoms with Crippen LogP contribution >= 0.6 is 27.7 Å². The van der Waals surface area contributed by atoms with Crippen LogP contribution in [0.25, 0.3) is 0 Å². The second kappa shape index (κ2) is 6.86. The minimum Gasteiger partial charge on any atom is -0.478 e. The van der Waals surface area contributed by atoms with Gasteiger partial charge in [-0.25, -0.2) is 9.78 Å². The average molecular weight is 319 g/mol. The molecule has 0 amide bonds. The number of halogens is 1. The van der Waals surface area contributed by atoms with Crippen molar-refractivity contribution in [2.45, 2.75) is 6.92 Å². The largest absolute Gasteiger partial charge is 0.478 e. The molecule has 0 saturated carbocycles. The molecular weight excluding hydrogens is 304 g/mol. The van der Waals surface area contributed by atoms with Gasteiger partial charge in [0.15, 0.2) is 0 Å². The third-order valence-electron chi connectivity index (χ3n) is 2.15. The Morgan fingerprint density at radius 3 is 3.00 bits per heavy atom. The van der Waals surface area contributed by atoms with Crippen molar-refractivity contribution < 1.29 is 9.90 Å². The van der Waals surface area contributed by atoms with Gasteiger partial charge in [-0.05, 0) is 39.9 Å². The molecule has 1 atom stereocenters. The molecule has 1 rings (SSSR count). The van der Waals surface area contributed by atoms with Gasteiger partial charge in [-0.3, -0.25) is 0 Å². The number of hydrogen-bond donors (Lipinski definition) is 2. The summed E-state index contributed by atoms with van der Waals surface area (Å²) in [6, 6.07) is 1.55. The Morgan fingerprint density at radius 2 is 2.41 bits per heavy atom. The van der Waals surface area contributed by atoms with Gasteiger partial charge in [0.2, 0.25) is 0 Å². The Balaban J connectivity index is 2.73. The van der Waals surface area contributed by atoms with Gasteiger partial charge in [-0.2, -0.15) is 11.8 Å². The van der Waals surface area contributed by atoms with Crippen molar-refractivity contribution in [3.63, 3.8) is 0 Å². The first-order valence-electron chi connectivity index (χ1n) is 5.16. The van der Waals surface area contributed by atoms with Crippen molar-refractivity contribution >= 4 is 39.5 Å². The Kier molecular flexibility index (Phi) is 5.77. The van der Waals surface area contributed by atoms with Crippen LogP contribution in [-0.4, -0.2) is 34.6 Å². The lowest BCUT2D eigenvalue weighted by molar-refractivity contribution is 0.0697. The number of hydrogen-bond acceptors (Lipinski definition) is 4. The van der Waals surface area contributed by atoms with Crippen LogP contribution in [0.15, 0.2) is 16.7 Å². The summed E-state index contributed by atoms with van der Waals surface area (Å²) < 4.78 is 0.664. The third kappa shape index (κ3) is 4.55. The molecule has 0 aliphatic carbocycles. The van der Waals surface area contributed by atoms with Crippen molar-refractivity contribution in [3.8, 4) is 0 Å². The number of rotatable bonds is 6. The summed E-state index contributed by atoms with van der Waals surface area (Å²) in [5, 5.41) is 12.1. The van der Waals surface area contributed by atoms with Gasteiger partial charge in [0.1, 0.15) is 11.4 Å². The topological polar surface area (TPSA) is 62.2 Å². The molecule has 2 N–H and O–H groups in total. The van der Waals surface area contributed by atoms with Crippen molar-refractivity contribution in [3.05, 3.63) is 22.3 Å². The van der Waals surface area contributed by atoms with Gasteiger partial charge in [0.05, 0.1) is 0 Å². The number of nitrogens with one attached hydrogen (secondary N) is 1. The molecule has 1 aromatic rings. The van der Waals surface area contributed by atoms with Gasteiger partial charge in [0, 0.05) is 17.2 Å². The normalized spacial score (nSPS) is 12.2. The summed E-state index contributed by atoms with van der Waals surface area (Å²) in [5.74, 6) is 0.955. The van der Waals surface area contributed by atoms with Crippen molar-refractivity contribution in [1.82, 2.24) is 4.98 Å². The summed E-state index contributed by atoms with van der Waals surface area (Å²) >= 11 is 4.99. The zero-order valence-corrected chi connectivity index (χ0v) is 12.1. The van der Waals surface area contributed by atoms with Gasteiger partial charge in [-0.15, -0.1) is 0 Å². The minimum absolute atomic E-state index is 0.190. The molecule has 6 heteroatoms. The van der Waals surface area contributed by atoms with E-state index in [4.69, 9.17) is 5.11 Å². The van der Waals surface area contributed by atoms with E-state index in [1.165, 1.54) is 0 Å². The summed E-state index contributed by atoms with van der Waals surface area (Å²) in [4.78, 5) is 15.1. The first-order chi connectivity index (χ1) is 8.04. The summed E-state index contributed by atoms with van der Waals surface area (Å²) in [5.41, 5.74) is 0.190. The van der Waals surface area contributed by atoms with Crippen molar-refractivity contribution in [2.75, 3.05) is 23.9 Å². The Labute approximate surface area is 113 Å². The predicted molar refractivity (Wildman–Crippen MR) is 74.9 cm³/mol. The molecule has 1 unspecified atom stereocenters. The summed E-state index contributed by atoms with van der Waals surface area (Å²) in [6.07, 6.45) is 3.64. The molecule has 0 fully saturated rings. The molecule has 0 spiro atoms. The molecular formula is C11H15BrN2O2S. The van der Waals surface area contributed by atoms with Crippen LogP contribution in [0.5, 0.6) is 0 Å². The SMILES string of the molecule is CSCC(C)CNc1ncc(Br)cc1C(=O)O. The highest BCUT2D eigenvalue weighted by Crippen LogP contribution is 2.18. The quantitative estimate of drug-likeness (QED) is 0.844. The molecule has 0 bridgehead atoms. The molecule has 0 aromatic carbocycles. The first-order valence-corrected chi connectivity index (χ1v) is 7.35. The van der Waals surface area contributed by atoms with Crippen molar-refractivity contribution in [1.29, 1.82) is 0 Å². The molecule has 1 heterocycles. The van der Waals surface area contributed by atoms with Gasteiger partial charge in [-0.1, -0.05) is 6.92 Å². The van der Waals surface area contributed by atoms with Crippen LogP contribution in [0.3, 0.4) is 0 Å². The van der Waals surface area contributed by atoms with Gasteiger partial charge < -0.3 is 10.4 Å². The Hall–Kier alpha value is -0.750. The molecule has 0 aliphatic rings. The Bertz CT molecular complexity index is 401. The number of thioether (sulfide) groups is 1. The van der Waals surface area contributed by atoms with E-state index in [0.29, 0.717) is 16.2 Å². The highest BCUT2D eigenvalue weighted by atomic mass is 79.9. The average Bonchev–Trinajstić information content (AvgIpc) is 2.27. The molecule has 0 radical (unpaired) electrons. The predicted octanol–water partition coefficient (Wildman–Crippen LogP) is 2.95. The van der Waals surface area contributed by atoms with E-state index >= 15 is 0 Å². The fourth-order valence-corrected chi connectivity index (χ4v) is 2.38. The number of aromatic carboxylic acids is 1. The number of anilines is 1. The maximum Gasteiger partial charge on any atom is 0.339 e. The number of aromatic nitrogens is 1. The second-order valence-electron chi connectivity index (χ2n) is 3.80. The number of carbonyl (C=O) groups is 1. The lowest BCUT2D eigenvalue weighted by Crippen LogP contribution is -2.16. The second-order valence-corrected chi connectivity index (χ2v) is 5.62. The van der Waals surface area contributed by atoms with Crippen LogP contribution in [0.1, 0.15) is 17.3 Å². The summed E-state index contributed by atoms with van der Waals surface area (Å²) in [6.45, 7) is 2.83. The highest BCUT2D eigenvalue weighted by Gasteiger charge is 2.12. The monoisotopic (exact) mass is 318 g/mol. The van der Waals surface area contributed by atoms with E-state index in [-0.39, 0.29) is 5.56 Å². The number of carboxylic acids is 1. The van der Waals surface area contributed by atoms with E-state index < -0.39 is 5.97 Å². The molecule has 94 valence electrons. The summed E-state index contributed by atoms with van der Waals surface area (Å²) in [7, 11) is 0. The maximum absolute atomic E-state index is 11.0. The Morgan fingerprint density at radius 1 is 1.71 bits per heavy atom. The van der Waals surface area contributed by atoms with Crippen LogP contribution in [0, 0.1) is 5.92 Å². The number of pyridine rings is 1. The molecule has 4 nitrogen and oxygen atoms in total. The molecule has 0 saturated heterocycles. The standard InChI is InChI=1S/C11H15BrN2O2S/c1-7(6-17-2)4-13-10-9(11(15)16)3-8(12)5-14-10/h3,5,7H,4,6H2,1-2H3,(H,13,14)(H,15,16). The van der Waals surface area contributed by atoms with Crippen molar-refractivity contribution in [2.24, 2.45) is 5.92 Å². The highest BCUT2D eigenvalue weighted by molar-refractivity contribution is 9.10. The third-order valence-corrected chi connectivity index (χ3v) is 3.49. The maximum atomic E-state index is 11.0. The van der Waals surface area contributed by atoms with Crippen LogP contribution in [0.4, 0.5) is 5.82 Å². The van der Waals surface area contributed by atoms with E-state index in [1.807, 2.05) is 0 Å². The first kappa shape index (κ1) is 14.3. The minimum atomic E-state index is -0.973. The number of carboxylic acid groups (broad SMARTS) is 1. The van der Waals surface area contributed by atoms with E-state index in [2.05, 4.69) is 39.4 Å². The van der Waals surface area contributed by atoms with Gasteiger partial charge in [0.25, 0.3) is 0 Å². The van der Waals surface area contributed by atoms with E-state index in [9.17, 15) is 4.79 Å². The van der Waals surface area contributed by atoms with Crippen LogP contribution in [-0.2, 0) is 0 Å². The fraction of sp³-hybridized carbons (Fsp3) is 0.455. The van der Waals surface area contributed by atoms with Crippen LogP contribution in [0.2, 0.25) is 0 Å². The molecule has 1 aromatic heterocycles. The van der Waals surface area contributed by atoms with E-state index in [1.54, 1.807) is 24.0 Å². The molecule has 0 aliphatic heterocycles. The lowest BCUT2D eigenvalue weighted by atomic mass is 10.2. The number of nitrogens with zero attached hydrogens (tertiary/aromatic N) is 1.